The second-order valence-electron chi connectivity index (χ2n) is 4.84. The van der Waals surface area contributed by atoms with Gasteiger partial charge in [0, 0.05) is 20.6 Å². The Kier molecular flexibility index (Phi) is 6.07. The number of esters is 1. The number of carbonyl (C=O) groups excluding carboxylic acids is 2. The van der Waals surface area contributed by atoms with Gasteiger partial charge < -0.3 is 9.64 Å². The Morgan fingerprint density at radius 2 is 1.91 bits per heavy atom. The lowest BCUT2D eigenvalue weighted by Crippen LogP contribution is -2.28. The molecule has 0 saturated carbocycles. The third kappa shape index (κ3) is 4.54. The number of ether oxygens (including phenoxy) is 1. The molecule has 0 aliphatic rings. The van der Waals surface area contributed by atoms with E-state index in [0.717, 1.165) is 0 Å². The van der Waals surface area contributed by atoms with E-state index in [9.17, 15) is 18.0 Å². The van der Waals surface area contributed by atoms with Crippen molar-refractivity contribution in [3.8, 4) is 0 Å². The van der Waals surface area contributed by atoms with Gasteiger partial charge in [-0.2, -0.15) is 0 Å². The van der Waals surface area contributed by atoms with Crippen molar-refractivity contribution in [1.82, 2.24) is 9.62 Å². The van der Waals surface area contributed by atoms with E-state index in [2.05, 4.69) is 4.72 Å². The van der Waals surface area contributed by atoms with Gasteiger partial charge in [-0.15, -0.1) is 0 Å². The number of nitrogens with one attached hydrogen (secondary N) is 1. The van der Waals surface area contributed by atoms with E-state index in [1.807, 2.05) is 0 Å². The Bertz CT molecular complexity index is 668. The first-order chi connectivity index (χ1) is 10.2. The summed E-state index contributed by atoms with van der Waals surface area (Å²) in [6.07, 6.45) is 0. The zero-order valence-electron chi connectivity index (χ0n) is 13.0. The third-order valence-electron chi connectivity index (χ3n) is 2.90. The van der Waals surface area contributed by atoms with Crippen LogP contribution in [0.25, 0.3) is 0 Å². The molecule has 0 spiro atoms. The number of aryl methyl sites for hydroxylation is 1. The van der Waals surface area contributed by atoms with Crippen LogP contribution >= 0.6 is 0 Å². The van der Waals surface area contributed by atoms with Gasteiger partial charge in [-0.25, -0.2) is 17.9 Å². The van der Waals surface area contributed by atoms with Crippen LogP contribution in [-0.2, 0) is 19.6 Å². The lowest BCUT2D eigenvalue weighted by atomic mass is 10.1. The van der Waals surface area contributed by atoms with Crippen molar-refractivity contribution in [2.24, 2.45) is 0 Å². The minimum atomic E-state index is -3.66. The highest BCUT2D eigenvalue weighted by Gasteiger charge is 2.19. The number of hydrogen-bond donors (Lipinski definition) is 1. The molecule has 0 unspecified atom stereocenters. The minimum absolute atomic E-state index is 0.0224. The number of amides is 1. The molecule has 7 nitrogen and oxygen atoms in total. The number of carbonyl (C=O) groups is 2. The lowest BCUT2D eigenvalue weighted by molar-refractivity contribution is -0.131. The molecule has 0 heterocycles. The molecule has 8 heteroatoms. The van der Waals surface area contributed by atoms with Gasteiger partial charge in [0.15, 0.2) is 6.61 Å². The maximum atomic E-state index is 12.0. The van der Waals surface area contributed by atoms with E-state index in [4.69, 9.17) is 4.74 Å². The van der Waals surface area contributed by atoms with Crippen LogP contribution in [0.4, 0.5) is 0 Å². The van der Waals surface area contributed by atoms with Crippen LogP contribution < -0.4 is 4.72 Å². The smallest absolute Gasteiger partial charge is 0.338 e. The highest BCUT2D eigenvalue weighted by molar-refractivity contribution is 7.89. The fourth-order valence-electron chi connectivity index (χ4n) is 1.60. The molecule has 0 atom stereocenters. The second-order valence-corrected chi connectivity index (χ2v) is 6.61. The van der Waals surface area contributed by atoms with E-state index in [1.165, 1.54) is 23.1 Å². The number of likely N-dealkylation sites (N-methyl/N-ethyl adjacent to an activating group) is 1. The van der Waals surface area contributed by atoms with E-state index in [0.29, 0.717) is 5.56 Å². The molecule has 0 aliphatic carbocycles. The molecule has 0 saturated heterocycles. The van der Waals surface area contributed by atoms with E-state index in [-0.39, 0.29) is 22.9 Å². The predicted molar refractivity (Wildman–Crippen MR) is 81.0 cm³/mol. The maximum absolute atomic E-state index is 12.0. The van der Waals surface area contributed by atoms with Crippen molar-refractivity contribution in [1.29, 1.82) is 0 Å². The van der Waals surface area contributed by atoms with Crippen molar-refractivity contribution in [2.45, 2.75) is 18.7 Å². The van der Waals surface area contributed by atoms with Crippen molar-refractivity contribution >= 4 is 21.9 Å². The minimum Gasteiger partial charge on any atom is -0.452 e. The topological polar surface area (TPSA) is 92.8 Å². The van der Waals surface area contributed by atoms with Gasteiger partial charge >= 0.3 is 5.97 Å². The van der Waals surface area contributed by atoms with Crippen LogP contribution in [0.5, 0.6) is 0 Å². The maximum Gasteiger partial charge on any atom is 0.338 e. The molecule has 1 rings (SSSR count). The molecule has 1 aromatic carbocycles. The SMILES string of the molecule is CCNS(=O)(=O)c1ccc(C)c(C(=O)OCC(=O)N(C)C)c1. The van der Waals surface area contributed by atoms with Crippen molar-refractivity contribution < 1.29 is 22.7 Å². The van der Waals surface area contributed by atoms with Gasteiger partial charge in [0.25, 0.3) is 5.91 Å². The first-order valence-electron chi connectivity index (χ1n) is 6.66. The highest BCUT2D eigenvalue weighted by atomic mass is 32.2. The summed E-state index contributed by atoms with van der Waals surface area (Å²) in [5.41, 5.74) is 0.684. The van der Waals surface area contributed by atoms with E-state index < -0.39 is 22.6 Å². The number of benzene rings is 1. The Morgan fingerprint density at radius 3 is 2.45 bits per heavy atom. The first kappa shape index (κ1) is 18.1. The Balaban J connectivity index is 3.00. The van der Waals surface area contributed by atoms with Gasteiger partial charge in [0.2, 0.25) is 10.0 Å². The van der Waals surface area contributed by atoms with Gasteiger partial charge in [-0.1, -0.05) is 13.0 Å². The molecule has 1 amide bonds. The fourth-order valence-corrected chi connectivity index (χ4v) is 2.66. The molecule has 1 N–H and O–H groups in total. The monoisotopic (exact) mass is 328 g/mol. The largest absolute Gasteiger partial charge is 0.452 e. The van der Waals surface area contributed by atoms with Crippen LogP contribution in [0, 0.1) is 6.92 Å². The number of sulfonamides is 1. The molecule has 0 aromatic heterocycles. The first-order valence-corrected chi connectivity index (χ1v) is 8.15. The molecule has 0 bridgehead atoms. The standard InChI is InChI=1S/C14H20N2O5S/c1-5-15-22(19,20)11-7-6-10(2)12(8-11)14(18)21-9-13(17)16(3)4/h6-8,15H,5,9H2,1-4H3. The Labute approximate surface area is 130 Å². The summed E-state index contributed by atoms with van der Waals surface area (Å²) in [5.74, 6) is -1.09. The van der Waals surface area contributed by atoms with Crippen molar-refractivity contribution in [3.05, 3.63) is 29.3 Å². The summed E-state index contributed by atoms with van der Waals surface area (Å²) < 4.78 is 31.2. The number of rotatable bonds is 6. The van der Waals surface area contributed by atoms with Crippen LogP contribution in [0.15, 0.2) is 23.1 Å². The van der Waals surface area contributed by atoms with Gasteiger partial charge in [-0.3, -0.25) is 4.79 Å². The van der Waals surface area contributed by atoms with E-state index in [1.54, 1.807) is 27.9 Å². The summed E-state index contributed by atoms with van der Waals surface area (Å²) in [6, 6.07) is 4.18. The zero-order valence-corrected chi connectivity index (χ0v) is 13.9. The van der Waals surface area contributed by atoms with Gasteiger partial charge in [0.1, 0.15) is 0 Å². The second kappa shape index (κ2) is 7.37. The number of nitrogens with zero attached hydrogens (tertiary/aromatic N) is 1. The van der Waals surface area contributed by atoms with Crippen LogP contribution in [0.3, 0.4) is 0 Å². The summed E-state index contributed by atoms with van der Waals surface area (Å²) in [6.45, 7) is 3.17. The lowest BCUT2D eigenvalue weighted by Gasteiger charge is -2.12. The summed E-state index contributed by atoms with van der Waals surface area (Å²) in [7, 11) is -0.567. The molecule has 1 aromatic rings. The zero-order chi connectivity index (χ0) is 16.9. The van der Waals surface area contributed by atoms with Crippen LogP contribution in [0.1, 0.15) is 22.8 Å². The van der Waals surface area contributed by atoms with E-state index >= 15 is 0 Å². The molecular weight excluding hydrogens is 308 g/mol. The normalized spacial score (nSPS) is 11.1. The summed E-state index contributed by atoms with van der Waals surface area (Å²) >= 11 is 0. The quantitative estimate of drug-likeness (QED) is 0.769. The fraction of sp³-hybridized carbons (Fsp3) is 0.429. The van der Waals surface area contributed by atoms with Crippen molar-refractivity contribution in [3.63, 3.8) is 0 Å². The van der Waals surface area contributed by atoms with Crippen LogP contribution in [-0.4, -0.2) is 52.4 Å². The van der Waals surface area contributed by atoms with Gasteiger partial charge in [-0.05, 0) is 24.6 Å². The van der Waals surface area contributed by atoms with Crippen molar-refractivity contribution in [2.75, 3.05) is 27.2 Å². The Hall–Kier alpha value is -1.93. The molecule has 22 heavy (non-hydrogen) atoms. The van der Waals surface area contributed by atoms with Crippen LogP contribution in [0.2, 0.25) is 0 Å². The average molecular weight is 328 g/mol. The Morgan fingerprint density at radius 1 is 1.27 bits per heavy atom. The summed E-state index contributed by atoms with van der Waals surface area (Å²) in [4.78, 5) is 24.7. The predicted octanol–water partition coefficient (Wildman–Crippen LogP) is 0.538. The molecule has 122 valence electrons. The molecular formula is C14H20N2O5S. The number of hydrogen-bond acceptors (Lipinski definition) is 5. The highest BCUT2D eigenvalue weighted by Crippen LogP contribution is 2.16. The summed E-state index contributed by atoms with van der Waals surface area (Å²) in [5, 5.41) is 0. The average Bonchev–Trinajstić information content (AvgIpc) is 2.44. The van der Waals surface area contributed by atoms with Gasteiger partial charge in [0.05, 0.1) is 10.5 Å². The molecule has 0 aliphatic heterocycles. The third-order valence-corrected chi connectivity index (χ3v) is 4.44. The molecule has 0 fully saturated rings. The molecule has 0 radical (unpaired) electrons.